The minimum atomic E-state index is -0.873. The molecule has 0 saturated carbocycles. The first-order chi connectivity index (χ1) is 8.37. The Labute approximate surface area is 112 Å². The molecule has 0 aliphatic heterocycles. The molecule has 1 aliphatic rings. The van der Waals surface area contributed by atoms with Crippen molar-refractivity contribution in [2.24, 2.45) is 0 Å². The molecule has 0 bridgehead atoms. The number of aromatic carboxylic acids is 1. The van der Waals surface area contributed by atoms with Gasteiger partial charge in [-0.15, -0.1) is 0 Å². The summed E-state index contributed by atoms with van der Waals surface area (Å²) in [5.41, 5.74) is 2.57. The first-order valence-electron chi connectivity index (χ1n) is 6.32. The van der Waals surface area contributed by atoms with Gasteiger partial charge in [-0.1, -0.05) is 32.5 Å². The highest BCUT2D eigenvalue weighted by molar-refractivity contribution is 8.00. The Morgan fingerprint density at radius 3 is 2.61 bits per heavy atom. The van der Waals surface area contributed by atoms with Gasteiger partial charge in [0.25, 0.3) is 0 Å². The Kier molecular flexibility index (Phi) is 3.66. The number of fused-ring (bicyclic) bond motifs is 1. The lowest BCUT2D eigenvalue weighted by atomic mass is 9.95. The molecule has 0 unspecified atom stereocenters. The van der Waals surface area contributed by atoms with Crippen LogP contribution in [-0.4, -0.2) is 20.8 Å². The van der Waals surface area contributed by atoms with E-state index in [4.69, 9.17) is 0 Å². The quantitative estimate of drug-likeness (QED) is 0.831. The number of carbonyl (C=O) groups is 1. The zero-order valence-electron chi connectivity index (χ0n) is 11.1. The molecular weight excluding hydrogens is 246 g/mol. The third-order valence-electron chi connectivity index (χ3n) is 2.90. The van der Waals surface area contributed by atoms with E-state index in [9.17, 15) is 9.90 Å². The summed E-state index contributed by atoms with van der Waals surface area (Å²) in [6.45, 7) is 6.22. The number of thioether (sulfide) groups is 1. The summed E-state index contributed by atoms with van der Waals surface area (Å²) in [6.07, 6.45) is 4.24. The highest BCUT2D eigenvalue weighted by atomic mass is 32.2. The van der Waals surface area contributed by atoms with E-state index in [0.29, 0.717) is 10.6 Å². The van der Waals surface area contributed by atoms with Gasteiger partial charge in [0.1, 0.15) is 5.03 Å². The van der Waals surface area contributed by atoms with Crippen LogP contribution >= 0.6 is 11.8 Å². The zero-order valence-corrected chi connectivity index (χ0v) is 11.9. The maximum atomic E-state index is 11.3. The van der Waals surface area contributed by atoms with Crippen LogP contribution in [-0.2, 0) is 12.8 Å². The number of hydrogen-bond donors (Lipinski definition) is 1. The Morgan fingerprint density at radius 1 is 1.33 bits per heavy atom. The normalized spacial score (nSPS) is 15.3. The van der Waals surface area contributed by atoms with E-state index in [0.717, 1.165) is 36.9 Å². The van der Waals surface area contributed by atoms with E-state index >= 15 is 0 Å². The van der Waals surface area contributed by atoms with Gasteiger partial charge < -0.3 is 5.11 Å². The van der Waals surface area contributed by atoms with Crippen molar-refractivity contribution in [1.82, 2.24) is 4.98 Å². The van der Waals surface area contributed by atoms with Crippen LogP contribution < -0.4 is 0 Å². The molecule has 0 saturated heterocycles. The number of aryl methyl sites for hydroxylation is 2. The van der Waals surface area contributed by atoms with Crippen molar-refractivity contribution in [1.29, 1.82) is 0 Å². The molecule has 3 nitrogen and oxygen atoms in total. The fourth-order valence-corrected chi connectivity index (χ4v) is 3.13. The van der Waals surface area contributed by atoms with E-state index in [1.807, 2.05) is 6.07 Å². The molecule has 2 rings (SSSR count). The lowest BCUT2D eigenvalue weighted by Crippen LogP contribution is -2.14. The molecule has 0 radical (unpaired) electrons. The molecule has 0 fully saturated rings. The molecule has 0 atom stereocenters. The second-order valence-corrected chi connectivity index (χ2v) is 7.49. The second kappa shape index (κ2) is 4.92. The third-order valence-corrected chi connectivity index (χ3v) is 4.02. The van der Waals surface area contributed by atoms with E-state index in [1.54, 1.807) is 0 Å². The van der Waals surface area contributed by atoms with Crippen LogP contribution in [0.15, 0.2) is 11.1 Å². The zero-order chi connectivity index (χ0) is 13.3. The SMILES string of the molecule is CC(C)(C)Sc1nc2c(cc1C(=O)O)CCCC2. The average molecular weight is 265 g/mol. The number of carboxylic acids is 1. The number of rotatable bonds is 2. The van der Waals surface area contributed by atoms with Crippen LogP contribution in [0.5, 0.6) is 0 Å². The largest absolute Gasteiger partial charge is 0.478 e. The minimum absolute atomic E-state index is 0.0277. The predicted molar refractivity (Wildman–Crippen MR) is 73.4 cm³/mol. The summed E-state index contributed by atoms with van der Waals surface area (Å²) in [7, 11) is 0. The molecule has 98 valence electrons. The number of aromatic nitrogens is 1. The molecule has 0 spiro atoms. The Morgan fingerprint density at radius 2 is 2.00 bits per heavy atom. The molecule has 1 N–H and O–H groups in total. The van der Waals surface area contributed by atoms with Gasteiger partial charge in [0.15, 0.2) is 0 Å². The molecule has 0 amide bonds. The predicted octanol–water partition coefficient (Wildman–Crippen LogP) is 3.55. The maximum Gasteiger partial charge on any atom is 0.338 e. The van der Waals surface area contributed by atoms with Crippen molar-refractivity contribution < 1.29 is 9.90 Å². The summed E-state index contributed by atoms with van der Waals surface area (Å²) >= 11 is 1.54. The Hall–Kier alpha value is -1.03. The van der Waals surface area contributed by atoms with Crippen LogP contribution in [0.1, 0.15) is 55.2 Å². The Bertz CT molecular complexity index is 477. The summed E-state index contributed by atoms with van der Waals surface area (Å²) in [5, 5.41) is 9.97. The minimum Gasteiger partial charge on any atom is -0.478 e. The summed E-state index contributed by atoms with van der Waals surface area (Å²) < 4.78 is -0.0277. The fourth-order valence-electron chi connectivity index (χ4n) is 2.14. The molecule has 1 aliphatic carbocycles. The lowest BCUT2D eigenvalue weighted by Gasteiger charge is -2.21. The number of nitrogens with zero attached hydrogens (tertiary/aromatic N) is 1. The first-order valence-corrected chi connectivity index (χ1v) is 7.13. The molecule has 0 aromatic carbocycles. The van der Waals surface area contributed by atoms with Crippen LogP contribution in [0.4, 0.5) is 0 Å². The van der Waals surface area contributed by atoms with Crippen molar-refractivity contribution in [3.63, 3.8) is 0 Å². The van der Waals surface area contributed by atoms with E-state index < -0.39 is 5.97 Å². The van der Waals surface area contributed by atoms with Crippen molar-refractivity contribution in [2.45, 2.75) is 56.2 Å². The van der Waals surface area contributed by atoms with Crippen LogP contribution in [0, 0.1) is 0 Å². The van der Waals surface area contributed by atoms with Gasteiger partial charge in [0.2, 0.25) is 0 Å². The van der Waals surface area contributed by atoms with Crippen LogP contribution in [0.3, 0.4) is 0 Å². The smallest absolute Gasteiger partial charge is 0.338 e. The van der Waals surface area contributed by atoms with E-state index in [2.05, 4.69) is 25.8 Å². The Balaban J connectivity index is 2.45. The topological polar surface area (TPSA) is 50.2 Å². The highest BCUT2D eigenvalue weighted by Crippen LogP contribution is 2.35. The third kappa shape index (κ3) is 3.05. The van der Waals surface area contributed by atoms with Gasteiger partial charge in [-0.05, 0) is 37.3 Å². The van der Waals surface area contributed by atoms with Gasteiger partial charge in [-0.25, -0.2) is 9.78 Å². The molecule has 1 aromatic heterocycles. The highest BCUT2D eigenvalue weighted by Gasteiger charge is 2.22. The molecule has 4 heteroatoms. The number of pyridine rings is 1. The first kappa shape index (κ1) is 13.4. The van der Waals surface area contributed by atoms with Gasteiger partial charge in [0, 0.05) is 10.4 Å². The van der Waals surface area contributed by atoms with Gasteiger partial charge >= 0.3 is 5.97 Å². The standard InChI is InChI=1S/C14H19NO2S/c1-14(2,3)18-12-10(13(16)17)8-9-6-4-5-7-11(9)15-12/h8H,4-7H2,1-3H3,(H,16,17). The van der Waals surface area contributed by atoms with E-state index in [1.165, 1.54) is 11.8 Å². The number of carboxylic acid groups (broad SMARTS) is 1. The summed E-state index contributed by atoms with van der Waals surface area (Å²) in [6, 6.07) is 1.83. The van der Waals surface area contributed by atoms with Crippen molar-refractivity contribution in [3.05, 3.63) is 22.9 Å². The van der Waals surface area contributed by atoms with Crippen LogP contribution in [0.2, 0.25) is 0 Å². The van der Waals surface area contributed by atoms with Crippen molar-refractivity contribution in [2.75, 3.05) is 0 Å². The van der Waals surface area contributed by atoms with E-state index in [-0.39, 0.29) is 4.75 Å². The fraction of sp³-hybridized carbons (Fsp3) is 0.571. The average Bonchev–Trinajstić information content (AvgIpc) is 2.25. The van der Waals surface area contributed by atoms with Gasteiger partial charge in [-0.2, -0.15) is 0 Å². The van der Waals surface area contributed by atoms with Gasteiger partial charge in [0.05, 0.1) is 5.56 Å². The molecule has 1 aromatic rings. The van der Waals surface area contributed by atoms with Gasteiger partial charge in [-0.3, -0.25) is 0 Å². The number of hydrogen-bond acceptors (Lipinski definition) is 3. The summed E-state index contributed by atoms with van der Waals surface area (Å²) in [4.78, 5) is 15.9. The molecule has 1 heterocycles. The second-order valence-electron chi connectivity index (χ2n) is 5.67. The van der Waals surface area contributed by atoms with Crippen molar-refractivity contribution in [3.8, 4) is 0 Å². The monoisotopic (exact) mass is 265 g/mol. The lowest BCUT2D eigenvalue weighted by molar-refractivity contribution is 0.0692. The molecular formula is C14H19NO2S. The summed E-state index contributed by atoms with van der Waals surface area (Å²) in [5.74, 6) is -0.873. The molecule has 18 heavy (non-hydrogen) atoms. The maximum absolute atomic E-state index is 11.3. The van der Waals surface area contributed by atoms with Crippen LogP contribution in [0.25, 0.3) is 0 Å². The van der Waals surface area contributed by atoms with Crippen molar-refractivity contribution >= 4 is 17.7 Å².